The van der Waals surface area contributed by atoms with Crippen LogP contribution in [-0.4, -0.2) is 54.6 Å². The summed E-state index contributed by atoms with van der Waals surface area (Å²) in [6, 6.07) is 8.52. The number of likely N-dealkylation sites (N-methyl/N-ethyl adjacent to an activating group) is 1. The molecule has 24 heavy (non-hydrogen) atoms. The Kier molecular flexibility index (Phi) is 5.30. The second kappa shape index (κ2) is 7.62. The average molecular weight is 325 g/mol. The largest absolute Gasteiger partial charge is 0.367 e. The van der Waals surface area contributed by atoms with E-state index in [1.165, 1.54) is 11.3 Å². The van der Waals surface area contributed by atoms with E-state index < -0.39 is 0 Å². The lowest BCUT2D eigenvalue weighted by Crippen LogP contribution is -2.45. The van der Waals surface area contributed by atoms with E-state index in [2.05, 4.69) is 69.8 Å². The van der Waals surface area contributed by atoms with Crippen molar-refractivity contribution in [1.82, 2.24) is 14.9 Å². The second-order valence-electron chi connectivity index (χ2n) is 6.48. The van der Waals surface area contributed by atoms with Crippen molar-refractivity contribution in [3.8, 4) is 0 Å². The number of piperazine rings is 1. The molecule has 5 heteroatoms. The fourth-order valence-corrected chi connectivity index (χ4v) is 3.11. The lowest BCUT2D eigenvalue weighted by molar-refractivity contribution is 0.311. The van der Waals surface area contributed by atoms with Crippen LogP contribution in [0.1, 0.15) is 18.1 Å². The van der Waals surface area contributed by atoms with Gasteiger partial charge in [0.05, 0.1) is 0 Å². The normalized spacial score (nSPS) is 15.5. The molecule has 0 radical (unpaired) electrons. The van der Waals surface area contributed by atoms with Gasteiger partial charge in [0.2, 0.25) is 5.95 Å². The Labute approximate surface area is 144 Å². The monoisotopic (exact) mass is 325 g/mol. The SMILES string of the molecule is CCN(Cc1cnc(N2CCN(C)CC2)nc1)c1ccccc1C. The van der Waals surface area contributed by atoms with Crippen LogP contribution in [-0.2, 0) is 6.54 Å². The van der Waals surface area contributed by atoms with E-state index in [0.717, 1.165) is 50.8 Å². The first-order chi connectivity index (χ1) is 11.7. The molecule has 0 N–H and O–H groups in total. The zero-order chi connectivity index (χ0) is 16.9. The van der Waals surface area contributed by atoms with Crippen molar-refractivity contribution in [2.75, 3.05) is 49.6 Å². The van der Waals surface area contributed by atoms with Crippen molar-refractivity contribution < 1.29 is 0 Å². The standard InChI is InChI=1S/C19H27N5/c1-4-23(18-8-6-5-7-16(18)2)15-17-13-20-19(21-14-17)24-11-9-22(3)10-12-24/h5-8,13-14H,4,9-12,15H2,1-3H3. The number of anilines is 2. The van der Waals surface area contributed by atoms with E-state index in [9.17, 15) is 0 Å². The maximum atomic E-state index is 4.60. The Morgan fingerprint density at radius 2 is 1.71 bits per heavy atom. The minimum atomic E-state index is 0.838. The van der Waals surface area contributed by atoms with Crippen molar-refractivity contribution >= 4 is 11.6 Å². The summed E-state index contributed by atoms with van der Waals surface area (Å²) in [4.78, 5) is 16.2. The number of aryl methyl sites for hydroxylation is 1. The van der Waals surface area contributed by atoms with Crippen molar-refractivity contribution in [2.24, 2.45) is 0 Å². The molecule has 0 spiro atoms. The molecule has 0 bridgehead atoms. The number of hydrogen-bond acceptors (Lipinski definition) is 5. The topological polar surface area (TPSA) is 35.5 Å². The Morgan fingerprint density at radius 1 is 1.04 bits per heavy atom. The average Bonchev–Trinajstić information content (AvgIpc) is 2.62. The van der Waals surface area contributed by atoms with Crippen LogP contribution in [0.15, 0.2) is 36.7 Å². The molecule has 2 aromatic rings. The summed E-state index contributed by atoms with van der Waals surface area (Å²) < 4.78 is 0. The molecule has 0 atom stereocenters. The van der Waals surface area contributed by atoms with Gasteiger partial charge in [-0.25, -0.2) is 9.97 Å². The third-order valence-electron chi connectivity index (χ3n) is 4.69. The van der Waals surface area contributed by atoms with Gasteiger partial charge in [-0.05, 0) is 32.5 Å². The van der Waals surface area contributed by atoms with Crippen LogP contribution in [0.25, 0.3) is 0 Å². The molecule has 1 aromatic carbocycles. The molecule has 5 nitrogen and oxygen atoms in total. The highest BCUT2D eigenvalue weighted by molar-refractivity contribution is 5.53. The highest BCUT2D eigenvalue weighted by atomic mass is 15.3. The molecule has 1 saturated heterocycles. The molecule has 0 unspecified atom stereocenters. The first kappa shape index (κ1) is 16.7. The van der Waals surface area contributed by atoms with Crippen molar-refractivity contribution in [2.45, 2.75) is 20.4 Å². The molecule has 2 heterocycles. The molecule has 0 aliphatic carbocycles. The molecule has 0 saturated carbocycles. The van der Waals surface area contributed by atoms with Gasteiger partial charge in [0.25, 0.3) is 0 Å². The van der Waals surface area contributed by atoms with E-state index in [1.807, 2.05) is 12.4 Å². The molecular formula is C19H27N5. The highest BCUT2D eigenvalue weighted by Gasteiger charge is 2.16. The summed E-state index contributed by atoms with van der Waals surface area (Å²) in [7, 11) is 2.16. The number of nitrogens with zero attached hydrogens (tertiary/aromatic N) is 5. The number of aromatic nitrogens is 2. The number of hydrogen-bond donors (Lipinski definition) is 0. The fraction of sp³-hybridized carbons (Fsp3) is 0.474. The van der Waals surface area contributed by atoms with Gasteiger partial charge in [-0.3, -0.25) is 0 Å². The summed E-state index contributed by atoms with van der Waals surface area (Å²) in [5, 5.41) is 0. The molecular weight excluding hydrogens is 298 g/mol. The Morgan fingerprint density at radius 3 is 2.33 bits per heavy atom. The van der Waals surface area contributed by atoms with Gasteiger partial charge in [0, 0.05) is 62.9 Å². The van der Waals surface area contributed by atoms with E-state index in [1.54, 1.807) is 0 Å². The van der Waals surface area contributed by atoms with E-state index in [4.69, 9.17) is 0 Å². The molecule has 1 aliphatic heterocycles. The van der Waals surface area contributed by atoms with Gasteiger partial charge in [0.15, 0.2) is 0 Å². The van der Waals surface area contributed by atoms with E-state index in [-0.39, 0.29) is 0 Å². The maximum absolute atomic E-state index is 4.60. The third kappa shape index (κ3) is 3.85. The van der Waals surface area contributed by atoms with Crippen LogP contribution < -0.4 is 9.80 Å². The fourth-order valence-electron chi connectivity index (χ4n) is 3.11. The third-order valence-corrected chi connectivity index (χ3v) is 4.69. The lowest BCUT2D eigenvalue weighted by Gasteiger charge is -2.32. The zero-order valence-corrected chi connectivity index (χ0v) is 14.9. The quantitative estimate of drug-likeness (QED) is 0.844. The predicted molar refractivity (Wildman–Crippen MR) is 99.6 cm³/mol. The first-order valence-electron chi connectivity index (χ1n) is 8.72. The van der Waals surface area contributed by atoms with Gasteiger partial charge in [0.1, 0.15) is 0 Å². The molecule has 1 aromatic heterocycles. The highest BCUT2D eigenvalue weighted by Crippen LogP contribution is 2.21. The Bertz CT molecular complexity index is 647. The summed E-state index contributed by atoms with van der Waals surface area (Å²) in [5.74, 6) is 0.853. The number of benzene rings is 1. The van der Waals surface area contributed by atoms with Crippen molar-refractivity contribution in [1.29, 1.82) is 0 Å². The summed E-state index contributed by atoms with van der Waals surface area (Å²) in [6.07, 6.45) is 3.95. The summed E-state index contributed by atoms with van der Waals surface area (Å²) in [6.45, 7) is 10.3. The second-order valence-corrected chi connectivity index (χ2v) is 6.48. The van der Waals surface area contributed by atoms with Gasteiger partial charge in [-0.15, -0.1) is 0 Å². The van der Waals surface area contributed by atoms with Crippen LogP contribution in [0, 0.1) is 6.92 Å². The van der Waals surface area contributed by atoms with E-state index in [0.29, 0.717) is 0 Å². The van der Waals surface area contributed by atoms with Crippen molar-refractivity contribution in [3.05, 3.63) is 47.8 Å². The molecule has 128 valence electrons. The first-order valence-corrected chi connectivity index (χ1v) is 8.72. The van der Waals surface area contributed by atoms with Gasteiger partial charge >= 0.3 is 0 Å². The minimum Gasteiger partial charge on any atom is -0.367 e. The van der Waals surface area contributed by atoms with Gasteiger partial charge < -0.3 is 14.7 Å². The molecule has 1 aliphatic rings. The molecule has 1 fully saturated rings. The number of para-hydroxylation sites is 1. The Hall–Kier alpha value is -2.14. The molecule has 3 rings (SSSR count). The molecule has 0 amide bonds. The number of rotatable bonds is 5. The minimum absolute atomic E-state index is 0.838. The van der Waals surface area contributed by atoms with Crippen LogP contribution in [0.4, 0.5) is 11.6 Å². The maximum Gasteiger partial charge on any atom is 0.225 e. The summed E-state index contributed by atoms with van der Waals surface area (Å²) in [5.41, 5.74) is 3.73. The van der Waals surface area contributed by atoms with Crippen LogP contribution >= 0.6 is 0 Å². The van der Waals surface area contributed by atoms with Gasteiger partial charge in [-0.1, -0.05) is 18.2 Å². The van der Waals surface area contributed by atoms with Crippen LogP contribution in [0.5, 0.6) is 0 Å². The smallest absolute Gasteiger partial charge is 0.225 e. The zero-order valence-electron chi connectivity index (χ0n) is 14.9. The Balaban J connectivity index is 1.68. The van der Waals surface area contributed by atoms with Crippen LogP contribution in [0.2, 0.25) is 0 Å². The van der Waals surface area contributed by atoms with Crippen molar-refractivity contribution in [3.63, 3.8) is 0 Å². The van der Waals surface area contributed by atoms with Gasteiger partial charge in [-0.2, -0.15) is 0 Å². The summed E-state index contributed by atoms with van der Waals surface area (Å²) >= 11 is 0. The van der Waals surface area contributed by atoms with E-state index >= 15 is 0 Å². The predicted octanol–water partition coefficient (Wildman–Crippen LogP) is 2.56. The van der Waals surface area contributed by atoms with Crippen LogP contribution in [0.3, 0.4) is 0 Å². The lowest BCUT2D eigenvalue weighted by atomic mass is 10.1.